The molecule has 0 radical (unpaired) electrons. The second kappa shape index (κ2) is 13.5. The van der Waals surface area contributed by atoms with E-state index in [2.05, 4.69) is 111 Å². The Morgan fingerprint density at radius 3 is 1.28 bits per heavy atom. The molecule has 4 aromatic carbocycles. The summed E-state index contributed by atoms with van der Waals surface area (Å²) < 4.78 is 13.0. The van der Waals surface area contributed by atoms with Crippen LogP contribution in [-0.4, -0.2) is 13.2 Å². The maximum atomic E-state index is 6.53. The van der Waals surface area contributed by atoms with Crippen LogP contribution in [0.5, 0.6) is 11.5 Å². The van der Waals surface area contributed by atoms with Gasteiger partial charge in [-0.1, -0.05) is 124 Å². The van der Waals surface area contributed by atoms with Gasteiger partial charge in [0, 0.05) is 11.1 Å². The minimum atomic E-state index is 0.687. The molecule has 0 spiro atoms. The molecule has 2 nitrogen and oxygen atoms in total. The van der Waals surface area contributed by atoms with Gasteiger partial charge in [0.1, 0.15) is 0 Å². The van der Waals surface area contributed by atoms with Gasteiger partial charge in [-0.3, -0.25) is 0 Å². The largest absolute Gasteiger partial charge is 0.489 e. The highest BCUT2D eigenvalue weighted by Gasteiger charge is 2.19. The summed E-state index contributed by atoms with van der Waals surface area (Å²) in [6, 6.07) is 34.1. The number of hydrogen-bond donors (Lipinski definition) is 0. The summed E-state index contributed by atoms with van der Waals surface area (Å²) in [6.45, 7) is 5.82. The summed E-state index contributed by atoms with van der Waals surface area (Å²) in [4.78, 5) is 0. The third-order valence-electron chi connectivity index (χ3n) is 6.49. The lowest BCUT2D eigenvalue weighted by molar-refractivity contribution is 0.261. The quantitative estimate of drug-likeness (QED) is 0.178. The molecule has 0 aliphatic rings. The van der Waals surface area contributed by atoms with Gasteiger partial charge in [-0.2, -0.15) is 0 Å². The first-order valence-corrected chi connectivity index (χ1v) is 13.5. The fraction of sp³-hybridized carbons (Fsp3) is 0.294. The van der Waals surface area contributed by atoms with E-state index >= 15 is 0 Å². The van der Waals surface area contributed by atoms with E-state index in [9.17, 15) is 0 Å². The van der Waals surface area contributed by atoms with Gasteiger partial charge >= 0.3 is 0 Å². The van der Waals surface area contributed by atoms with Crippen molar-refractivity contribution >= 4 is 0 Å². The zero-order chi connectivity index (χ0) is 25.0. The molecular weight excluding hydrogens is 440 g/mol. The SMILES string of the molecule is CCCCCOc1c(-c2ccccc2)ccc(-c2ccc(-c3ccccc3)cc2)c1OCCCCC. The molecule has 0 N–H and O–H groups in total. The summed E-state index contributed by atoms with van der Waals surface area (Å²) in [5.74, 6) is 1.72. The lowest BCUT2D eigenvalue weighted by Gasteiger charge is -2.20. The van der Waals surface area contributed by atoms with E-state index in [1.54, 1.807) is 0 Å². The number of unbranched alkanes of at least 4 members (excludes halogenated alkanes) is 4. The standard InChI is InChI=1S/C34H38O2/c1-3-5-13-25-35-33-31(29-17-11-8-12-18-29)23-24-32(34(33)36-26-14-6-4-2)30-21-19-28(20-22-30)27-15-9-7-10-16-27/h7-12,15-24H,3-6,13-14,25-26H2,1-2H3. The number of benzene rings is 4. The smallest absolute Gasteiger partial charge is 0.169 e. The number of ether oxygens (including phenoxy) is 2. The van der Waals surface area contributed by atoms with Crippen LogP contribution in [0.1, 0.15) is 52.4 Å². The maximum absolute atomic E-state index is 6.53. The molecular formula is C34H38O2. The van der Waals surface area contributed by atoms with Gasteiger partial charge < -0.3 is 9.47 Å². The molecule has 186 valence electrons. The van der Waals surface area contributed by atoms with Crippen LogP contribution in [0.4, 0.5) is 0 Å². The summed E-state index contributed by atoms with van der Waals surface area (Å²) in [6.07, 6.45) is 6.73. The first kappa shape index (κ1) is 25.6. The summed E-state index contributed by atoms with van der Waals surface area (Å²) in [5.41, 5.74) is 6.88. The van der Waals surface area contributed by atoms with Crippen LogP contribution < -0.4 is 9.47 Å². The van der Waals surface area contributed by atoms with Crippen LogP contribution in [0.3, 0.4) is 0 Å². The van der Waals surface area contributed by atoms with E-state index in [4.69, 9.17) is 9.47 Å². The highest BCUT2D eigenvalue weighted by Crippen LogP contribution is 2.45. The molecule has 0 unspecified atom stereocenters. The maximum Gasteiger partial charge on any atom is 0.169 e. The Bertz CT molecular complexity index is 1180. The molecule has 0 saturated carbocycles. The fourth-order valence-electron chi connectivity index (χ4n) is 4.45. The minimum absolute atomic E-state index is 0.687. The van der Waals surface area contributed by atoms with E-state index in [0.717, 1.165) is 59.4 Å². The van der Waals surface area contributed by atoms with Gasteiger partial charge in [-0.15, -0.1) is 0 Å². The molecule has 0 amide bonds. The highest BCUT2D eigenvalue weighted by atomic mass is 16.5. The third kappa shape index (κ3) is 6.57. The summed E-state index contributed by atoms with van der Waals surface area (Å²) >= 11 is 0. The fourth-order valence-corrected chi connectivity index (χ4v) is 4.45. The average molecular weight is 479 g/mol. The van der Waals surface area contributed by atoms with E-state index in [-0.39, 0.29) is 0 Å². The van der Waals surface area contributed by atoms with Crippen LogP contribution in [0.2, 0.25) is 0 Å². The monoisotopic (exact) mass is 478 g/mol. The van der Waals surface area contributed by atoms with Crippen LogP contribution in [0, 0.1) is 0 Å². The van der Waals surface area contributed by atoms with Gasteiger partial charge in [0.15, 0.2) is 11.5 Å². The van der Waals surface area contributed by atoms with Gasteiger partial charge in [0.05, 0.1) is 13.2 Å². The summed E-state index contributed by atoms with van der Waals surface area (Å²) in [7, 11) is 0. The Morgan fingerprint density at radius 1 is 0.417 bits per heavy atom. The van der Waals surface area contributed by atoms with E-state index in [1.807, 2.05) is 0 Å². The van der Waals surface area contributed by atoms with Crippen LogP contribution in [-0.2, 0) is 0 Å². The van der Waals surface area contributed by atoms with Crippen LogP contribution >= 0.6 is 0 Å². The Morgan fingerprint density at radius 2 is 0.806 bits per heavy atom. The molecule has 0 aliphatic heterocycles. The van der Waals surface area contributed by atoms with Crippen LogP contribution in [0.15, 0.2) is 97.1 Å². The molecule has 0 saturated heterocycles. The van der Waals surface area contributed by atoms with Crippen molar-refractivity contribution in [2.75, 3.05) is 13.2 Å². The first-order chi connectivity index (χ1) is 17.8. The van der Waals surface area contributed by atoms with Gasteiger partial charge in [-0.25, -0.2) is 0 Å². The van der Waals surface area contributed by atoms with Crippen molar-refractivity contribution in [2.24, 2.45) is 0 Å². The Kier molecular flexibility index (Phi) is 9.61. The molecule has 0 aromatic heterocycles. The predicted octanol–water partition coefficient (Wildman–Crippen LogP) is 9.83. The molecule has 4 aromatic rings. The zero-order valence-electron chi connectivity index (χ0n) is 21.7. The summed E-state index contributed by atoms with van der Waals surface area (Å²) in [5, 5.41) is 0. The number of hydrogen-bond acceptors (Lipinski definition) is 2. The number of rotatable bonds is 13. The molecule has 2 heteroatoms. The van der Waals surface area contributed by atoms with Crippen molar-refractivity contribution in [3.05, 3.63) is 97.1 Å². The Labute approximate surface area is 216 Å². The lowest BCUT2D eigenvalue weighted by Crippen LogP contribution is -2.05. The van der Waals surface area contributed by atoms with Crippen LogP contribution in [0.25, 0.3) is 33.4 Å². The first-order valence-electron chi connectivity index (χ1n) is 13.5. The van der Waals surface area contributed by atoms with Crippen molar-refractivity contribution in [3.63, 3.8) is 0 Å². The van der Waals surface area contributed by atoms with Gasteiger partial charge in [0.25, 0.3) is 0 Å². The zero-order valence-corrected chi connectivity index (χ0v) is 21.7. The van der Waals surface area contributed by atoms with Crippen molar-refractivity contribution in [1.29, 1.82) is 0 Å². The van der Waals surface area contributed by atoms with Gasteiger partial charge in [-0.05, 0) is 47.2 Å². The topological polar surface area (TPSA) is 18.5 Å². The lowest BCUT2D eigenvalue weighted by atomic mass is 9.96. The Hall–Kier alpha value is -3.52. The van der Waals surface area contributed by atoms with Gasteiger partial charge in [0.2, 0.25) is 0 Å². The normalized spacial score (nSPS) is 10.8. The molecule has 0 atom stereocenters. The average Bonchev–Trinajstić information content (AvgIpc) is 2.94. The molecule has 0 bridgehead atoms. The highest BCUT2D eigenvalue weighted by molar-refractivity contribution is 5.84. The molecule has 0 aliphatic carbocycles. The van der Waals surface area contributed by atoms with Crippen molar-refractivity contribution in [1.82, 2.24) is 0 Å². The third-order valence-corrected chi connectivity index (χ3v) is 6.49. The van der Waals surface area contributed by atoms with Crippen molar-refractivity contribution in [3.8, 4) is 44.9 Å². The van der Waals surface area contributed by atoms with E-state index < -0.39 is 0 Å². The van der Waals surface area contributed by atoms with E-state index in [1.165, 1.54) is 24.0 Å². The van der Waals surface area contributed by atoms with Crippen molar-refractivity contribution < 1.29 is 9.47 Å². The molecule has 36 heavy (non-hydrogen) atoms. The Balaban J connectivity index is 1.75. The predicted molar refractivity (Wildman–Crippen MR) is 153 cm³/mol. The molecule has 0 fully saturated rings. The second-order valence-corrected chi connectivity index (χ2v) is 9.24. The van der Waals surface area contributed by atoms with E-state index in [0.29, 0.717) is 13.2 Å². The van der Waals surface area contributed by atoms with Crippen molar-refractivity contribution in [2.45, 2.75) is 52.4 Å². The second-order valence-electron chi connectivity index (χ2n) is 9.24. The molecule has 4 rings (SSSR count). The minimum Gasteiger partial charge on any atom is -0.489 e. The molecule has 0 heterocycles.